The highest BCUT2D eigenvalue weighted by Crippen LogP contribution is 2.56. The fourth-order valence-corrected chi connectivity index (χ4v) is 6.86. The monoisotopic (exact) mass is 537 g/mol. The van der Waals surface area contributed by atoms with Crippen LogP contribution in [0.5, 0.6) is 5.75 Å². The minimum Gasteiger partial charge on any atom is -0.491 e. The predicted octanol–water partition coefficient (Wildman–Crippen LogP) is 4.25. The Balaban J connectivity index is 1.47. The van der Waals surface area contributed by atoms with Crippen molar-refractivity contribution in [1.82, 2.24) is 0 Å². The number of hydrogen-bond donors (Lipinski definition) is 1. The number of para-hydroxylation sites is 1. The van der Waals surface area contributed by atoms with Crippen LogP contribution in [-0.4, -0.2) is 41.7 Å². The van der Waals surface area contributed by atoms with Gasteiger partial charge >= 0.3 is 0 Å². The first-order valence-corrected chi connectivity index (χ1v) is 13.8. The average molecular weight is 538 g/mol. The van der Waals surface area contributed by atoms with E-state index in [4.69, 9.17) is 4.74 Å². The number of carbonyl (C=O) groups is 4. The van der Waals surface area contributed by atoms with Crippen molar-refractivity contribution >= 4 is 29.1 Å². The Hall–Kier alpha value is -4.10. The first kappa shape index (κ1) is 26.1. The average Bonchev–Trinajstić information content (AvgIpc) is 3.23. The van der Waals surface area contributed by atoms with E-state index in [1.165, 1.54) is 11.0 Å². The van der Waals surface area contributed by atoms with Gasteiger partial charge in [0.1, 0.15) is 12.4 Å². The second-order valence-corrected chi connectivity index (χ2v) is 10.9. The number of anilines is 1. The first-order valence-electron chi connectivity index (χ1n) is 13.8. The number of hydrogen-bond acceptors (Lipinski definition) is 6. The topological polar surface area (TPSA) is 101 Å². The summed E-state index contributed by atoms with van der Waals surface area (Å²) in [6, 6.07) is 14.8. The summed E-state index contributed by atoms with van der Waals surface area (Å²) in [7, 11) is 0. The molecule has 1 heterocycles. The molecule has 0 bridgehead atoms. The van der Waals surface area contributed by atoms with E-state index in [0.29, 0.717) is 40.1 Å². The number of fused-ring (bicyclic) bond motifs is 3. The summed E-state index contributed by atoms with van der Waals surface area (Å²) in [5, 5.41) is 9.39. The molecule has 7 heteroatoms. The zero-order valence-corrected chi connectivity index (χ0v) is 22.6. The molecule has 0 radical (unpaired) electrons. The number of carbonyl (C=O) groups excluding carboxylic acids is 4. The van der Waals surface area contributed by atoms with E-state index in [1.807, 2.05) is 55.5 Å². The first-order chi connectivity index (χ1) is 19.3. The van der Waals surface area contributed by atoms with Gasteiger partial charge in [-0.2, -0.15) is 0 Å². The Morgan fingerprint density at radius 1 is 0.975 bits per heavy atom. The number of aliphatic hydroxyl groups excluding tert-OH is 1. The van der Waals surface area contributed by atoms with Crippen LogP contribution < -0.4 is 9.64 Å². The van der Waals surface area contributed by atoms with Gasteiger partial charge in [-0.3, -0.25) is 24.1 Å². The Bertz CT molecular complexity index is 1530. The van der Waals surface area contributed by atoms with E-state index in [9.17, 15) is 24.3 Å². The van der Waals surface area contributed by atoms with Crippen LogP contribution in [0.3, 0.4) is 0 Å². The molecule has 0 spiro atoms. The van der Waals surface area contributed by atoms with Crippen LogP contribution in [0.1, 0.15) is 43.7 Å². The molecule has 204 valence electrons. The van der Waals surface area contributed by atoms with Crippen molar-refractivity contribution in [2.75, 3.05) is 18.1 Å². The molecule has 3 aliphatic carbocycles. The summed E-state index contributed by atoms with van der Waals surface area (Å²) < 4.78 is 5.87. The van der Waals surface area contributed by atoms with E-state index in [0.717, 1.165) is 17.6 Å². The summed E-state index contributed by atoms with van der Waals surface area (Å²) in [5.74, 6) is -2.55. The quantitative estimate of drug-likeness (QED) is 0.336. The van der Waals surface area contributed by atoms with Gasteiger partial charge in [0.15, 0.2) is 11.6 Å². The molecule has 0 aromatic heterocycles. The maximum Gasteiger partial charge on any atom is 0.238 e. The van der Waals surface area contributed by atoms with Gasteiger partial charge < -0.3 is 9.84 Å². The normalized spacial score (nSPS) is 25.8. The van der Waals surface area contributed by atoms with E-state index in [2.05, 4.69) is 0 Å². The highest BCUT2D eigenvalue weighted by Gasteiger charge is 2.56. The van der Waals surface area contributed by atoms with Gasteiger partial charge in [-0.05, 0) is 61.9 Å². The van der Waals surface area contributed by atoms with Crippen molar-refractivity contribution in [2.24, 2.45) is 17.8 Å². The number of aliphatic hydroxyl groups is 1. The van der Waals surface area contributed by atoms with Crippen LogP contribution in [0, 0.1) is 17.8 Å². The molecule has 1 N–H and O–H groups in total. The molecule has 2 aromatic rings. The van der Waals surface area contributed by atoms with E-state index < -0.39 is 23.7 Å². The fourth-order valence-electron chi connectivity index (χ4n) is 6.86. The predicted molar refractivity (Wildman–Crippen MR) is 149 cm³/mol. The van der Waals surface area contributed by atoms with Crippen LogP contribution in [0.15, 0.2) is 83.0 Å². The Labute approximate surface area is 232 Å². The molecule has 2 aromatic carbocycles. The second-order valence-electron chi connectivity index (χ2n) is 10.9. The lowest BCUT2D eigenvalue weighted by Crippen LogP contribution is -2.40. The molecule has 6 rings (SSSR count). The number of benzene rings is 2. The molecular formula is C33H31NO6. The molecule has 1 fully saturated rings. The molecule has 4 atom stereocenters. The number of aryl methyl sites for hydroxylation is 1. The lowest BCUT2D eigenvalue weighted by atomic mass is 9.59. The van der Waals surface area contributed by atoms with Gasteiger partial charge in [0, 0.05) is 28.2 Å². The van der Waals surface area contributed by atoms with Gasteiger partial charge in [0.25, 0.3) is 0 Å². The maximum absolute atomic E-state index is 14.0. The van der Waals surface area contributed by atoms with Gasteiger partial charge in [0.2, 0.25) is 11.8 Å². The van der Waals surface area contributed by atoms with Crippen molar-refractivity contribution in [2.45, 2.75) is 39.0 Å². The van der Waals surface area contributed by atoms with E-state index >= 15 is 0 Å². The number of allylic oxidation sites excluding steroid dienone is 6. The number of ketones is 2. The van der Waals surface area contributed by atoms with Crippen LogP contribution in [-0.2, 0) is 25.6 Å². The Morgan fingerprint density at radius 2 is 1.73 bits per heavy atom. The second kappa shape index (κ2) is 10.1. The third kappa shape index (κ3) is 3.99. The summed E-state index contributed by atoms with van der Waals surface area (Å²) >= 11 is 0. The number of imide groups is 1. The lowest BCUT2D eigenvalue weighted by molar-refractivity contribution is -0.123. The molecule has 4 aliphatic rings. The van der Waals surface area contributed by atoms with Crippen LogP contribution in [0.2, 0.25) is 0 Å². The number of Topliss-reactive ketones (excluding diaryl/α,β-unsaturated/α-hetero) is 1. The van der Waals surface area contributed by atoms with Crippen molar-refractivity contribution in [3.63, 3.8) is 0 Å². The SMILES string of the molecule is CCc1ccc(N2C(=O)[C@H]3[C@H](CC=C4[C@H](c5ccccc5OCCO)C5=C(C[C@H]43)C(=O)C=C(C)C5=O)C2=O)cc1. The summed E-state index contributed by atoms with van der Waals surface area (Å²) in [5.41, 5.74) is 4.47. The van der Waals surface area contributed by atoms with Gasteiger partial charge in [-0.15, -0.1) is 0 Å². The Kier molecular flexibility index (Phi) is 6.62. The molecule has 7 nitrogen and oxygen atoms in total. The molecule has 1 aliphatic heterocycles. The van der Waals surface area contributed by atoms with Crippen molar-refractivity contribution in [1.29, 1.82) is 0 Å². The Morgan fingerprint density at radius 3 is 2.45 bits per heavy atom. The third-order valence-corrected chi connectivity index (χ3v) is 8.75. The molecule has 40 heavy (non-hydrogen) atoms. The number of amides is 2. The number of rotatable bonds is 6. The number of nitrogens with zero attached hydrogens (tertiary/aromatic N) is 1. The van der Waals surface area contributed by atoms with Crippen LogP contribution >= 0.6 is 0 Å². The number of ether oxygens (including phenoxy) is 1. The van der Waals surface area contributed by atoms with E-state index in [1.54, 1.807) is 13.0 Å². The largest absolute Gasteiger partial charge is 0.491 e. The smallest absolute Gasteiger partial charge is 0.238 e. The zero-order valence-electron chi connectivity index (χ0n) is 22.6. The highest BCUT2D eigenvalue weighted by molar-refractivity contribution is 6.25. The summed E-state index contributed by atoms with van der Waals surface area (Å²) in [6.07, 6.45) is 4.84. The molecule has 1 saturated heterocycles. The molecule has 0 saturated carbocycles. The third-order valence-electron chi connectivity index (χ3n) is 8.75. The van der Waals surface area contributed by atoms with E-state index in [-0.39, 0.29) is 43.0 Å². The van der Waals surface area contributed by atoms with Gasteiger partial charge in [0.05, 0.1) is 24.1 Å². The van der Waals surface area contributed by atoms with Crippen molar-refractivity contribution in [3.05, 3.63) is 94.1 Å². The summed E-state index contributed by atoms with van der Waals surface area (Å²) in [6.45, 7) is 3.60. The minimum absolute atomic E-state index is 0.0768. The molecule has 2 amide bonds. The summed E-state index contributed by atoms with van der Waals surface area (Å²) in [4.78, 5) is 55.9. The van der Waals surface area contributed by atoms with Crippen LogP contribution in [0.25, 0.3) is 0 Å². The standard InChI is InChI=1S/C33H31NO6/c1-3-19-8-10-20(11-9-19)34-32(38)23-13-12-21-24(29(23)33(34)39)17-25-26(36)16-18(2)31(37)30(25)28(21)22-6-4-5-7-27(22)40-15-14-35/h4-12,16,23-24,28-29,35H,3,13-15,17H2,1-2H3/t23-,24+,28+,29-/m0/s1. The molecular weight excluding hydrogens is 506 g/mol. The maximum atomic E-state index is 14.0. The molecule has 0 unspecified atom stereocenters. The minimum atomic E-state index is -0.629. The van der Waals surface area contributed by atoms with Gasteiger partial charge in [-0.1, -0.05) is 48.9 Å². The zero-order chi connectivity index (χ0) is 28.1. The van der Waals surface area contributed by atoms with Gasteiger partial charge in [-0.25, -0.2) is 0 Å². The lowest BCUT2D eigenvalue weighted by Gasteiger charge is -2.42. The highest BCUT2D eigenvalue weighted by atomic mass is 16.5. The van der Waals surface area contributed by atoms with Crippen molar-refractivity contribution < 1.29 is 29.0 Å². The van der Waals surface area contributed by atoms with Crippen LogP contribution in [0.4, 0.5) is 5.69 Å². The fraction of sp³-hybridized carbons (Fsp3) is 0.333. The van der Waals surface area contributed by atoms with Crippen molar-refractivity contribution in [3.8, 4) is 5.75 Å².